The number of nitrogens with two attached hydrogens (primary N) is 1. The molecule has 0 heterocycles. The van der Waals surface area contributed by atoms with Gasteiger partial charge < -0.3 is 15.8 Å². The second kappa shape index (κ2) is 6.03. The predicted octanol–water partition coefficient (Wildman–Crippen LogP) is 4.11. The molecule has 2 aromatic carbocycles. The number of carbonyl (C=O) groups excluding carboxylic acids is 1. The topological polar surface area (TPSA) is 64.3 Å². The molecule has 6 heteroatoms. The van der Waals surface area contributed by atoms with Crippen LogP contribution in [-0.4, -0.2) is 13.1 Å². The van der Waals surface area contributed by atoms with Crippen LogP contribution in [0.1, 0.15) is 10.4 Å². The smallest absolute Gasteiger partial charge is 0.340 e. The Hall–Kier alpha value is -1.91. The van der Waals surface area contributed by atoms with E-state index in [4.69, 9.17) is 28.9 Å². The van der Waals surface area contributed by atoms with E-state index in [0.29, 0.717) is 32.7 Å². The zero-order valence-electron chi connectivity index (χ0n) is 10.6. The van der Waals surface area contributed by atoms with Crippen molar-refractivity contribution in [1.29, 1.82) is 0 Å². The van der Waals surface area contributed by atoms with E-state index < -0.39 is 5.97 Å². The van der Waals surface area contributed by atoms with Gasteiger partial charge in [-0.2, -0.15) is 0 Å². The molecule has 0 bridgehead atoms. The van der Waals surface area contributed by atoms with Crippen LogP contribution in [-0.2, 0) is 4.74 Å². The zero-order chi connectivity index (χ0) is 14.7. The van der Waals surface area contributed by atoms with Gasteiger partial charge in [-0.3, -0.25) is 0 Å². The lowest BCUT2D eigenvalue weighted by molar-refractivity contribution is 0.0602. The minimum Gasteiger partial charge on any atom is -0.465 e. The van der Waals surface area contributed by atoms with Crippen molar-refractivity contribution in [3.63, 3.8) is 0 Å². The van der Waals surface area contributed by atoms with E-state index in [1.807, 2.05) is 0 Å². The van der Waals surface area contributed by atoms with Crippen LogP contribution in [0.2, 0.25) is 10.0 Å². The maximum atomic E-state index is 11.6. The molecule has 0 aliphatic carbocycles. The van der Waals surface area contributed by atoms with Crippen LogP contribution < -0.4 is 11.1 Å². The zero-order valence-corrected chi connectivity index (χ0v) is 12.1. The van der Waals surface area contributed by atoms with Crippen LogP contribution in [0.15, 0.2) is 36.4 Å². The quantitative estimate of drug-likeness (QED) is 0.661. The highest BCUT2D eigenvalue weighted by molar-refractivity contribution is 6.42. The summed E-state index contributed by atoms with van der Waals surface area (Å²) >= 11 is 11.8. The van der Waals surface area contributed by atoms with E-state index in [1.54, 1.807) is 36.4 Å². The third kappa shape index (κ3) is 2.98. The van der Waals surface area contributed by atoms with E-state index >= 15 is 0 Å². The van der Waals surface area contributed by atoms with E-state index in [0.717, 1.165) is 0 Å². The van der Waals surface area contributed by atoms with Gasteiger partial charge in [0.05, 0.1) is 34.1 Å². The van der Waals surface area contributed by atoms with Gasteiger partial charge >= 0.3 is 5.97 Å². The lowest BCUT2D eigenvalue weighted by Gasteiger charge is -2.12. The molecule has 20 heavy (non-hydrogen) atoms. The molecule has 0 saturated carbocycles. The first-order valence-electron chi connectivity index (χ1n) is 5.72. The first-order chi connectivity index (χ1) is 9.52. The number of esters is 1. The summed E-state index contributed by atoms with van der Waals surface area (Å²) in [6.07, 6.45) is 0. The predicted molar refractivity (Wildman–Crippen MR) is 81.9 cm³/mol. The van der Waals surface area contributed by atoms with E-state index in [9.17, 15) is 4.79 Å². The maximum Gasteiger partial charge on any atom is 0.340 e. The number of nitrogen functional groups attached to an aromatic ring is 1. The van der Waals surface area contributed by atoms with Gasteiger partial charge in [0.15, 0.2) is 0 Å². The number of hydrogen-bond acceptors (Lipinski definition) is 4. The van der Waals surface area contributed by atoms with E-state index in [-0.39, 0.29) is 0 Å². The average Bonchev–Trinajstić information content (AvgIpc) is 2.44. The molecule has 0 fully saturated rings. The molecule has 4 nitrogen and oxygen atoms in total. The molecular formula is C14H12Cl2N2O2. The minimum atomic E-state index is -0.486. The van der Waals surface area contributed by atoms with E-state index in [2.05, 4.69) is 10.1 Å². The number of hydrogen-bond donors (Lipinski definition) is 2. The van der Waals surface area contributed by atoms with Gasteiger partial charge in [-0.1, -0.05) is 29.3 Å². The van der Waals surface area contributed by atoms with Gasteiger partial charge in [-0.05, 0) is 30.3 Å². The highest BCUT2D eigenvalue weighted by Gasteiger charge is 2.13. The van der Waals surface area contributed by atoms with Crippen LogP contribution >= 0.6 is 23.2 Å². The minimum absolute atomic E-state index is 0.303. The summed E-state index contributed by atoms with van der Waals surface area (Å²) in [4.78, 5) is 11.6. The lowest BCUT2D eigenvalue weighted by atomic mass is 10.1. The number of rotatable bonds is 3. The second-order valence-electron chi connectivity index (χ2n) is 4.01. The van der Waals surface area contributed by atoms with Crippen LogP contribution in [0.4, 0.5) is 17.1 Å². The Bertz CT molecular complexity index is 660. The van der Waals surface area contributed by atoms with Crippen molar-refractivity contribution in [3.05, 3.63) is 52.0 Å². The van der Waals surface area contributed by atoms with Crippen molar-refractivity contribution in [2.45, 2.75) is 0 Å². The summed E-state index contributed by atoms with van der Waals surface area (Å²) in [7, 11) is 1.31. The number of anilines is 3. The molecule has 3 N–H and O–H groups in total. The summed E-state index contributed by atoms with van der Waals surface area (Å²) in [6, 6.07) is 10.2. The number of ether oxygens (including phenoxy) is 1. The molecule has 104 valence electrons. The van der Waals surface area contributed by atoms with Crippen LogP contribution in [0.25, 0.3) is 0 Å². The molecule has 0 aliphatic rings. The molecule has 0 atom stereocenters. The Labute approximate surface area is 126 Å². The molecule has 0 spiro atoms. The Morgan fingerprint density at radius 2 is 1.95 bits per heavy atom. The summed E-state index contributed by atoms with van der Waals surface area (Å²) < 4.78 is 4.67. The molecule has 0 saturated heterocycles. The summed E-state index contributed by atoms with van der Waals surface area (Å²) in [5.41, 5.74) is 7.87. The number of nitrogens with one attached hydrogen (secondary N) is 1. The first kappa shape index (κ1) is 14.5. The van der Waals surface area contributed by atoms with Gasteiger partial charge in [-0.15, -0.1) is 0 Å². The average molecular weight is 311 g/mol. The monoisotopic (exact) mass is 310 g/mol. The molecule has 0 aromatic heterocycles. The Morgan fingerprint density at radius 1 is 1.20 bits per heavy atom. The maximum absolute atomic E-state index is 11.6. The summed E-state index contributed by atoms with van der Waals surface area (Å²) in [5, 5.41) is 3.98. The van der Waals surface area contributed by atoms with Crippen molar-refractivity contribution >= 4 is 46.2 Å². The summed E-state index contributed by atoms with van der Waals surface area (Å²) in [5.74, 6) is -0.486. The number of carbonyl (C=O) groups is 1. The van der Waals surface area contributed by atoms with Crippen molar-refractivity contribution in [2.75, 3.05) is 18.2 Å². The third-order valence-electron chi connectivity index (χ3n) is 2.71. The van der Waals surface area contributed by atoms with Crippen LogP contribution in [0, 0.1) is 0 Å². The molecule has 2 aromatic rings. The normalized spacial score (nSPS) is 10.2. The fraction of sp³-hybridized carbons (Fsp3) is 0.0714. The van der Waals surface area contributed by atoms with E-state index in [1.165, 1.54) is 7.11 Å². The van der Waals surface area contributed by atoms with Crippen molar-refractivity contribution in [1.82, 2.24) is 0 Å². The third-order valence-corrected chi connectivity index (χ3v) is 3.45. The molecule has 0 unspecified atom stereocenters. The lowest BCUT2D eigenvalue weighted by Crippen LogP contribution is -2.07. The molecular weight excluding hydrogens is 299 g/mol. The standard InChI is InChI=1S/C14H12Cl2N2O2/c1-20-14(19)9-3-2-4-12(13(9)17)18-8-5-6-10(15)11(16)7-8/h2-7,18H,17H2,1H3. The van der Waals surface area contributed by atoms with Crippen molar-refractivity contribution in [2.24, 2.45) is 0 Å². The molecule has 2 rings (SSSR count). The highest BCUT2D eigenvalue weighted by atomic mass is 35.5. The molecule has 0 amide bonds. The highest BCUT2D eigenvalue weighted by Crippen LogP contribution is 2.30. The van der Waals surface area contributed by atoms with Crippen molar-refractivity contribution < 1.29 is 9.53 Å². The van der Waals surface area contributed by atoms with Crippen molar-refractivity contribution in [3.8, 4) is 0 Å². The fourth-order valence-corrected chi connectivity index (χ4v) is 1.99. The first-order valence-corrected chi connectivity index (χ1v) is 6.47. The van der Waals surface area contributed by atoms with Gasteiger partial charge in [0.1, 0.15) is 0 Å². The van der Waals surface area contributed by atoms with Crippen LogP contribution in [0.3, 0.4) is 0 Å². The van der Waals surface area contributed by atoms with Gasteiger partial charge in [0.25, 0.3) is 0 Å². The number of methoxy groups -OCH3 is 1. The van der Waals surface area contributed by atoms with Crippen LogP contribution in [0.5, 0.6) is 0 Å². The Balaban J connectivity index is 2.34. The summed E-state index contributed by atoms with van der Waals surface area (Å²) in [6.45, 7) is 0. The molecule has 0 aliphatic heterocycles. The fourth-order valence-electron chi connectivity index (χ4n) is 1.69. The number of para-hydroxylation sites is 1. The Kier molecular flexibility index (Phi) is 4.37. The van der Waals surface area contributed by atoms with Gasteiger partial charge in [-0.25, -0.2) is 4.79 Å². The largest absolute Gasteiger partial charge is 0.465 e. The van der Waals surface area contributed by atoms with Gasteiger partial charge in [0, 0.05) is 5.69 Å². The second-order valence-corrected chi connectivity index (χ2v) is 4.83. The molecule has 0 radical (unpaired) electrons. The SMILES string of the molecule is COC(=O)c1cccc(Nc2ccc(Cl)c(Cl)c2)c1N. The number of halogens is 2. The van der Waals surface area contributed by atoms with Gasteiger partial charge in [0.2, 0.25) is 0 Å². The number of benzene rings is 2. The Morgan fingerprint density at radius 3 is 2.60 bits per heavy atom.